The molecule has 16 heavy (non-hydrogen) atoms. The second-order valence-corrected chi connectivity index (χ2v) is 4.61. The SMILES string of the molecule is CNC(=O)CNS(=O)(=O)c1c[nH]ccc1=O. The molecule has 8 heteroatoms. The standard InChI is InChI=1S/C8H11N3O4S/c1-9-8(13)5-11-16(14,15)7-4-10-3-2-6(7)12/h2-4,11H,5H2,1H3,(H,9,13)(H,10,12). The fraction of sp³-hybridized carbons (Fsp3) is 0.250. The minimum Gasteiger partial charge on any atom is -0.366 e. The molecule has 0 aliphatic carbocycles. The Morgan fingerprint density at radius 1 is 1.50 bits per heavy atom. The van der Waals surface area contributed by atoms with Crippen molar-refractivity contribution in [3.63, 3.8) is 0 Å². The minimum absolute atomic E-state index is 0.410. The summed E-state index contributed by atoms with van der Waals surface area (Å²) in [7, 11) is -2.57. The molecule has 1 aromatic rings. The van der Waals surface area contributed by atoms with Gasteiger partial charge in [-0.2, -0.15) is 0 Å². The van der Waals surface area contributed by atoms with Crippen LogP contribution in [0.4, 0.5) is 0 Å². The van der Waals surface area contributed by atoms with Crippen LogP contribution < -0.4 is 15.5 Å². The van der Waals surface area contributed by atoms with Gasteiger partial charge in [-0.05, 0) is 0 Å². The van der Waals surface area contributed by atoms with Crippen molar-refractivity contribution in [1.29, 1.82) is 0 Å². The fourth-order valence-corrected chi connectivity index (χ4v) is 1.97. The number of carbonyl (C=O) groups is 1. The number of rotatable bonds is 4. The maximum atomic E-state index is 11.6. The molecule has 0 unspecified atom stereocenters. The molecule has 1 amide bonds. The van der Waals surface area contributed by atoms with Gasteiger partial charge in [-0.1, -0.05) is 0 Å². The molecule has 1 aromatic heterocycles. The molecule has 0 saturated carbocycles. The maximum Gasteiger partial charge on any atom is 0.246 e. The van der Waals surface area contributed by atoms with Crippen LogP contribution in [-0.2, 0) is 14.8 Å². The molecule has 0 spiro atoms. The van der Waals surface area contributed by atoms with Crippen molar-refractivity contribution in [3.8, 4) is 0 Å². The van der Waals surface area contributed by atoms with E-state index >= 15 is 0 Å². The molecule has 0 aliphatic heterocycles. The number of sulfonamides is 1. The Kier molecular flexibility index (Phi) is 3.80. The second kappa shape index (κ2) is 4.90. The van der Waals surface area contributed by atoms with E-state index in [-0.39, 0.29) is 0 Å². The van der Waals surface area contributed by atoms with Crippen molar-refractivity contribution in [2.24, 2.45) is 0 Å². The number of hydrogen-bond donors (Lipinski definition) is 3. The van der Waals surface area contributed by atoms with E-state index in [4.69, 9.17) is 0 Å². The van der Waals surface area contributed by atoms with Crippen molar-refractivity contribution >= 4 is 15.9 Å². The zero-order valence-corrected chi connectivity index (χ0v) is 9.30. The number of pyridine rings is 1. The third-order valence-corrected chi connectivity index (χ3v) is 3.20. The van der Waals surface area contributed by atoms with Gasteiger partial charge in [0.05, 0.1) is 6.54 Å². The first-order valence-corrected chi connectivity index (χ1v) is 5.83. The average molecular weight is 245 g/mol. The molecule has 0 radical (unpaired) electrons. The van der Waals surface area contributed by atoms with Crippen LogP contribution in [0.2, 0.25) is 0 Å². The van der Waals surface area contributed by atoms with Gasteiger partial charge in [-0.3, -0.25) is 9.59 Å². The molecule has 0 atom stereocenters. The van der Waals surface area contributed by atoms with Gasteiger partial charge in [-0.15, -0.1) is 0 Å². The van der Waals surface area contributed by atoms with Crippen molar-refractivity contribution in [2.75, 3.05) is 13.6 Å². The normalized spacial score (nSPS) is 11.1. The lowest BCUT2D eigenvalue weighted by Gasteiger charge is -2.04. The highest BCUT2D eigenvalue weighted by atomic mass is 32.2. The number of nitrogens with one attached hydrogen (secondary N) is 3. The second-order valence-electron chi connectivity index (χ2n) is 2.87. The third kappa shape index (κ3) is 2.91. The summed E-state index contributed by atoms with van der Waals surface area (Å²) in [5.74, 6) is -0.490. The molecule has 0 aromatic carbocycles. The number of hydrogen-bond acceptors (Lipinski definition) is 4. The van der Waals surface area contributed by atoms with E-state index in [1.54, 1.807) is 0 Å². The zero-order valence-electron chi connectivity index (χ0n) is 8.48. The first-order chi connectivity index (χ1) is 7.47. The molecule has 0 saturated heterocycles. The van der Waals surface area contributed by atoms with Crippen LogP contribution in [0.1, 0.15) is 0 Å². The summed E-state index contributed by atoms with van der Waals surface area (Å²) >= 11 is 0. The lowest BCUT2D eigenvalue weighted by atomic mass is 10.5. The van der Waals surface area contributed by atoms with Crippen molar-refractivity contribution < 1.29 is 13.2 Å². The van der Waals surface area contributed by atoms with Gasteiger partial charge in [0, 0.05) is 25.5 Å². The van der Waals surface area contributed by atoms with Crippen molar-refractivity contribution in [3.05, 3.63) is 28.7 Å². The molecule has 88 valence electrons. The summed E-state index contributed by atoms with van der Waals surface area (Å²) in [4.78, 5) is 24.2. The Bertz CT molecular complexity index is 534. The van der Waals surface area contributed by atoms with Gasteiger partial charge < -0.3 is 10.3 Å². The molecule has 3 N–H and O–H groups in total. The van der Waals surface area contributed by atoms with E-state index in [0.717, 1.165) is 12.3 Å². The van der Waals surface area contributed by atoms with E-state index < -0.39 is 32.8 Å². The van der Waals surface area contributed by atoms with Crippen LogP contribution in [0.5, 0.6) is 0 Å². The molecular formula is C8H11N3O4S. The Balaban J connectivity index is 2.92. The average Bonchev–Trinajstić information content (AvgIpc) is 2.26. The Labute approximate surface area is 91.9 Å². The molecule has 0 aliphatic rings. The number of H-pyrrole nitrogens is 1. The lowest BCUT2D eigenvalue weighted by molar-refractivity contribution is -0.119. The highest BCUT2D eigenvalue weighted by molar-refractivity contribution is 7.89. The highest BCUT2D eigenvalue weighted by Gasteiger charge is 2.17. The number of carbonyl (C=O) groups excluding carboxylic acids is 1. The van der Waals surface area contributed by atoms with E-state index in [9.17, 15) is 18.0 Å². The Hall–Kier alpha value is -1.67. The predicted molar refractivity (Wildman–Crippen MR) is 56.3 cm³/mol. The first-order valence-electron chi connectivity index (χ1n) is 4.34. The van der Waals surface area contributed by atoms with Crippen LogP contribution >= 0.6 is 0 Å². The van der Waals surface area contributed by atoms with Crippen molar-refractivity contribution in [1.82, 2.24) is 15.0 Å². The summed E-state index contributed by atoms with van der Waals surface area (Å²) in [6.07, 6.45) is 2.38. The van der Waals surface area contributed by atoms with E-state index in [1.807, 2.05) is 4.72 Å². The van der Waals surface area contributed by atoms with Gasteiger partial charge in [-0.25, -0.2) is 13.1 Å². The summed E-state index contributed by atoms with van der Waals surface area (Å²) in [6.45, 7) is -0.410. The van der Waals surface area contributed by atoms with Gasteiger partial charge in [0.25, 0.3) is 0 Å². The minimum atomic E-state index is -3.95. The van der Waals surface area contributed by atoms with E-state index in [0.29, 0.717) is 0 Å². The monoisotopic (exact) mass is 245 g/mol. The number of aromatic nitrogens is 1. The molecular weight excluding hydrogens is 234 g/mol. The third-order valence-electron chi connectivity index (χ3n) is 1.78. The number of amides is 1. The van der Waals surface area contributed by atoms with Crippen LogP contribution in [-0.4, -0.2) is 32.9 Å². The zero-order chi connectivity index (χ0) is 12.2. The Morgan fingerprint density at radius 3 is 2.75 bits per heavy atom. The molecule has 0 fully saturated rings. The highest BCUT2D eigenvalue weighted by Crippen LogP contribution is 1.98. The summed E-state index contributed by atoms with van der Waals surface area (Å²) in [6, 6.07) is 1.09. The van der Waals surface area contributed by atoms with E-state index in [2.05, 4.69) is 10.3 Å². The molecule has 7 nitrogen and oxygen atoms in total. The Morgan fingerprint density at radius 2 is 2.19 bits per heavy atom. The van der Waals surface area contributed by atoms with E-state index in [1.165, 1.54) is 13.2 Å². The fourth-order valence-electron chi connectivity index (χ4n) is 0.938. The quantitative estimate of drug-likeness (QED) is 0.593. The van der Waals surface area contributed by atoms with Gasteiger partial charge in [0.1, 0.15) is 4.90 Å². The van der Waals surface area contributed by atoms with Crippen LogP contribution in [0.25, 0.3) is 0 Å². The van der Waals surface area contributed by atoms with Crippen LogP contribution in [0.3, 0.4) is 0 Å². The summed E-state index contributed by atoms with van der Waals surface area (Å²) in [5.41, 5.74) is -0.636. The van der Waals surface area contributed by atoms with Crippen LogP contribution in [0, 0.1) is 0 Å². The molecule has 0 bridgehead atoms. The number of likely N-dealkylation sites (N-methyl/N-ethyl adjacent to an activating group) is 1. The van der Waals surface area contributed by atoms with Gasteiger partial charge >= 0.3 is 0 Å². The van der Waals surface area contributed by atoms with Gasteiger partial charge in [0.15, 0.2) is 0 Å². The predicted octanol–water partition coefficient (Wildman–Crippen LogP) is -1.60. The lowest BCUT2D eigenvalue weighted by Crippen LogP contribution is -2.36. The molecule has 1 heterocycles. The summed E-state index contributed by atoms with van der Waals surface area (Å²) < 4.78 is 25.1. The topological polar surface area (TPSA) is 108 Å². The largest absolute Gasteiger partial charge is 0.366 e. The maximum absolute atomic E-state index is 11.6. The molecule has 1 rings (SSSR count). The first kappa shape index (κ1) is 12.4. The van der Waals surface area contributed by atoms with Gasteiger partial charge in [0.2, 0.25) is 21.4 Å². The van der Waals surface area contributed by atoms with Crippen molar-refractivity contribution in [2.45, 2.75) is 4.90 Å². The number of aromatic amines is 1. The smallest absolute Gasteiger partial charge is 0.246 e. The van der Waals surface area contributed by atoms with Crippen LogP contribution in [0.15, 0.2) is 28.2 Å². The summed E-state index contributed by atoms with van der Waals surface area (Å²) in [5, 5.41) is 2.25.